The lowest BCUT2D eigenvalue weighted by molar-refractivity contribution is -0.152. The van der Waals surface area contributed by atoms with Crippen molar-refractivity contribution in [2.45, 2.75) is 27.0 Å². The summed E-state index contributed by atoms with van der Waals surface area (Å²) in [6.07, 6.45) is 2.70. The number of ether oxygens (including phenoxy) is 1. The van der Waals surface area contributed by atoms with Gasteiger partial charge in [0.1, 0.15) is 0 Å². The Hall–Kier alpha value is -0.790. The van der Waals surface area contributed by atoms with E-state index >= 15 is 0 Å². The van der Waals surface area contributed by atoms with Gasteiger partial charge in [0.15, 0.2) is 0 Å². The fraction of sp³-hybridized carbons (Fsp3) is 0.727. The van der Waals surface area contributed by atoms with E-state index in [1.165, 1.54) is 6.08 Å². The Morgan fingerprint density at radius 1 is 1.85 bits per heavy atom. The van der Waals surface area contributed by atoms with Crippen LogP contribution in [-0.2, 0) is 9.53 Å². The smallest absolute Gasteiger partial charge is 0.315 e. The van der Waals surface area contributed by atoms with Gasteiger partial charge in [0.05, 0.1) is 12.5 Å². The molecule has 0 fully saturated rings. The number of rotatable bonds is 2. The van der Waals surface area contributed by atoms with Gasteiger partial charge >= 0.3 is 5.97 Å². The first-order valence-electron chi connectivity index (χ1n) is 7.61. The first-order valence-corrected chi connectivity index (χ1v) is 4.11. The summed E-state index contributed by atoms with van der Waals surface area (Å²) in [4.78, 5) is 12.1. The number of hydrogen-bond acceptors (Lipinski definition) is 2. The predicted octanol–water partition coefficient (Wildman–Crippen LogP) is 2.40. The molecule has 13 heavy (non-hydrogen) atoms. The quantitative estimate of drug-likeness (QED) is 0.492. The van der Waals surface area contributed by atoms with E-state index in [0.717, 1.165) is 7.11 Å². The predicted molar refractivity (Wildman–Crippen MR) is 52.2 cm³/mol. The summed E-state index contributed by atoms with van der Waals surface area (Å²) in [5, 5.41) is 0. The van der Waals surface area contributed by atoms with Gasteiger partial charge in [-0.25, -0.2) is 0 Å². The molecule has 1 rings (SSSR count). The van der Waals surface area contributed by atoms with E-state index in [4.69, 9.17) is 9.60 Å². The van der Waals surface area contributed by atoms with Crippen molar-refractivity contribution in [2.24, 2.45) is 17.2 Å². The minimum atomic E-state index is -3.17. The minimum absolute atomic E-state index is 0.0695. The maximum absolute atomic E-state index is 12.1. The molecule has 1 aliphatic carbocycles. The van der Waals surface area contributed by atoms with Gasteiger partial charge in [0.2, 0.25) is 0 Å². The van der Waals surface area contributed by atoms with E-state index < -0.39 is 31.0 Å². The molecule has 0 saturated carbocycles. The van der Waals surface area contributed by atoms with Crippen LogP contribution in [0.25, 0.3) is 0 Å². The summed E-state index contributed by atoms with van der Waals surface area (Å²) in [5.74, 6) is -4.16. The van der Waals surface area contributed by atoms with E-state index in [1.807, 2.05) is 0 Å². The van der Waals surface area contributed by atoms with Gasteiger partial charge in [-0.2, -0.15) is 0 Å². The van der Waals surface area contributed by atoms with Gasteiger partial charge in [-0.15, -0.1) is 0 Å². The van der Waals surface area contributed by atoms with Crippen LogP contribution in [0, 0.1) is 17.2 Å². The lowest BCUT2D eigenvalue weighted by atomic mass is 9.76. The third-order valence-electron chi connectivity index (χ3n) is 2.35. The molecule has 0 N–H and O–H groups in total. The summed E-state index contributed by atoms with van der Waals surface area (Å²) < 4.78 is 57.9. The second-order valence-corrected chi connectivity index (χ2v) is 3.38. The van der Waals surface area contributed by atoms with Crippen molar-refractivity contribution in [2.75, 3.05) is 7.11 Å². The van der Waals surface area contributed by atoms with Crippen LogP contribution in [0.5, 0.6) is 0 Å². The van der Waals surface area contributed by atoms with Crippen LogP contribution in [0.1, 0.15) is 36.6 Å². The zero-order chi connectivity index (χ0) is 16.0. The molecule has 0 amide bonds. The topological polar surface area (TPSA) is 26.3 Å². The maximum atomic E-state index is 12.1. The van der Waals surface area contributed by atoms with Crippen LogP contribution >= 0.6 is 0 Å². The molecule has 0 aromatic rings. The molecule has 0 saturated heterocycles. The highest BCUT2D eigenvalue weighted by molar-refractivity contribution is 5.80. The Morgan fingerprint density at radius 2 is 2.54 bits per heavy atom. The van der Waals surface area contributed by atoms with Crippen LogP contribution in [-0.4, -0.2) is 13.1 Å². The largest absolute Gasteiger partial charge is 0.468 e. The summed E-state index contributed by atoms with van der Waals surface area (Å²) in [5.41, 5.74) is -2.00. The number of carbonyl (C=O) groups excluding carboxylic acids is 1. The van der Waals surface area contributed by atoms with Gasteiger partial charge in [0.25, 0.3) is 0 Å². The fourth-order valence-corrected chi connectivity index (χ4v) is 1.59. The van der Waals surface area contributed by atoms with Gasteiger partial charge in [-0.05, 0) is 18.2 Å². The summed E-state index contributed by atoms with van der Waals surface area (Å²) >= 11 is 0. The highest BCUT2D eigenvalue weighted by Gasteiger charge is 2.43. The summed E-state index contributed by atoms with van der Waals surface area (Å²) in [6, 6.07) is 0. The van der Waals surface area contributed by atoms with Crippen LogP contribution in [0.3, 0.4) is 0 Å². The van der Waals surface area contributed by atoms with Gasteiger partial charge < -0.3 is 4.74 Å². The average molecular weight is 189 g/mol. The first-order chi connectivity index (χ1) is 8.83. The second-order valence-electron chi connectivity index (χ2n) is 3.38. The third-order valence-corrected chi connectivity index (χ3v) is 2.35. The SMILES string of the molecule is [2H]C([2H])([2H])C([2H])(C([2H])([2H])[2H])C1(C(=O)OC)C=C[C@@H](C)C1. The standard InChI is InChI=1S/C11H18O2/c1-8(2)11(10(12)13-4)6-5-9(3)7-11/h5-6,8-9H,7H2,1-4H3/t9-,11?/m1/s1/i1D3,2D3,8D. The number of esters is 1. The Kier molecular flexibility index (Phi) is 1.13. The molecule has 0 aliphatic heterocycles. The Bertz CT molecular complexity index is 409. The van der Waals surface area contributed by atoms with Crippen molar-refractivity contribution < 1.29 is 19.1 Å². The van der Waals surface area contributed by atoms with Crippen LogP contribution in [0.2, 0.25) is 0 Å². The molecule has 0 bridgehead atoms. The van der Waals surface area contributed by atoms with Crippen molar-refractivity contribution in [3.63, 3.8) is 0 Å². The molecule has 2 heteroatoms. The van der Waals surface area contributed by atoms with E-state index in [9.17, 15) is 4.79 Å². The molecule has 2 nitrogen and oxygen atoms in total. The van der Waals surface area contributed by atoms with E-state index in [0.29, 0.717) is 0 Å². The minimum Gasteiger partial charge on any atom is -0.468 e. The van der Waals surface area contributed by atoms with Crippen molar-refractivity contribution >= 4 is 5.97 Å². The lowest BCUT2D eigenvalue weighted by Crippen LogP contribution is -2.34. The Morgan fingerprint density at radius 3 is 2.92 bits per heavy atom. The summed E-state index contributed by atoms with van der Waals surface area (Å²) in [7, 11) is 1.06. The molecule has 0 heterocycles. The van der Waals surface area contributed by atoms with Crippen LogP contribution < -0.4 is 0 Å². The normalized spacial score (nSPS) is 43.2. The molecular weight excluding hydrogens is 164 g/mol. The van der Waals surface area contributed by atoms with Crippen molar-refractivity contribution in [1.29, 1.82) is 0 Å². The molecule has 0 radical (unpaired) electrons. The van der Waals surface area contributed by atoms with Gasteiger partial charge in [-0.3, -0.25) is 4.79 Å². The molecule has 74 valence electrons. The molecule has 0 spiro atoms. The number of allylic oxidation sites excluding steroid dienone is 1. The second kappa shape index (κ2) is 3.52. The molecular formula is C11H18O2. The average Bonchev–Trinajstić information content (AvgIpc) is 2.67. The number of methoxy groups -OCH3 is 1. The van der Waals surface area contributed by atoms with E-state index in [2.05, 4.69) is 4.74 Å². The summed E-state index contributed by atoms with van der Waals surface area (Å²) in [6.45, 7) is -4.61. The lowest BCUT2D eigenvalue weighted by Gasteiger charge is -2.29. The van der Waals surface area contributed by atoms with Gasteiger partial charge in [-0.1, -0.05) is 32.8 Å². The monoisotopic (exact) mass is 189 g/mol. The highest BCUT2D eigenvalue weighted by atomic mass is 16.5. The maximum Gasteiger partial charge on any atom is 0.315 e. The Balaban J connectivity index is 3.59. The van der Waals surface area contributed by atoms with E-state index in [1.54, 1.807) is 13.0 Å². The number of hydrogen-bond donors (Lipinski definition) is 0. The molecule has 1 unspecified atom stereocenters. The number of carbonyl (C=O) groups is 1. The van der Waals surface area contributed by atoms with Gasteiger partial charge in [0, 0.05) is 9.60 Å². The van der Waals surface area contributed by atoms with Crippen LogP contribution in [0.15, 0.2) is 12.2 Å². The van der Waals surface area contributed by atoms with Crippen molar-refractivity contribution in [3.05, 3.63) is 12.2 Å². The van der Waals surface area contributed by atoms with Crippen LogP contribution in [0.4, 0.5) is 0 Å². The first kappa shape index (κ1) is 4.16. The molecule has 1 aliphatic rings. The zero-order valence-electron chi connectivity index (χ0n) is 14.8. The zero-order valence-corrected chi connectivity index (χ0v) is 7.76. The van der Waals surface area contributed by atoms with Crippen molar-refractivity contribution in [1.82, 2.24) is 0 Å². The highest BCUT2D eigenvalue weighted by Crippen LogP contribution is 2.42. The van der Waals surface area contributed by atoms with Crippen molar-refractivity contribution in [3.8, 4) is 0 Å². The molecule has 0 aromatic heterocycles. The molecule has 0 aromatic carbocycles. The Labute approximate surface area is 89.8 Å². The van der Waals surface area contributed by atoms with E-state index in [-0.39, 0.29) is 12.3 Å². The fourth-order valence-electron chi connectivity index (χ4n) is 1.59. The molecule has 2 atom stereocenters. The third kappa shape index (κ3) is 1.62.